The molecule has 0 aromatic heterocycles. The molecule has 178 valence electrons. The van der Waals surface area contributed by atoms with Crippen molar-refractivity contribution in [1.82, 2.24) is 0 Å². The lowest BCUT2D eigenvalue weighted by Crippen LogP contribution is -1.87. The van der Waals surface area contributed by atoms with E-state index in [0.29, 0.717) is 0 Å². The van der Waals surface area contributed by atoms with E-state index in [1.54, 1.807) is 0 Å². The number of fused-ring (bicyclic) bond motifs is 1. The zero-order valence-corrected chi connectivity index (χ0v) is 21.1. The van der Waals surface area contributed by atoms with Gasteiger partial charge in [-0.2, -0.15) is 0 Å². The lowest BCUT2D eigenvalue weighted by molar-refractivity contribution is 0.546. The quantitative estimate of drug-likeness (QED) is 0.143. The van der Waals surface area contributed by atoms with Crippen LogP contribution in [-0.4, -0.2) is 0 Å². The Morgan fingerprint density at radius 2 is 1.00 bits per heavy atom. The van der Waals surface area contributed by atoms with E-state index in [0.717, 1.165) is 0 Å². The van der Waals surface area contributed by atoms with Gasteiger partial charge in [-0.1, -0.05) is 145 Å². The summed E-state index contributed by atoms with van der Waals surface area (Å²) in [6.07, 6.45) is 31.3. The van der Waals surface area contributed by atoms with Crippen LogP contribution in [0.1, 0.15) is 128 Å². The molecule has 0 spiro atoms. The fourth-order valence-electron chi connectivity index (χ4n) is 4.68. The highest BCUT2D eigenvalue weighted by Crippen LogP contribution is 2.18. The average molecular weight is 435 g/mol. The van der Waals surface area contributed by atoms with E-state index >= 15 is 0 Å². The molecule has 0 nitrogen and oxygen atoms in total. The topological polar surface area (TPSA) is 0 Å². The van der Waals surface area contributed by atoms with Crippen molar-refractivity contribution >= 4 is 10.8 Å². The van der Waals surface area contributed by atoms with Crippen LogP contribution in [0.2, 0.25) is 0 Å². The van der Waals surface area contributed by atoms with Gasteiger partial charge in [0, 0.05) is 0 Å². The predicted molar refractivity (Wildman–Crippen MR) is 146 cm³/mol. The molecule has 0 N–H and O–H groups in total. The van der Waals surface area contributed by atoms with Crippen LogP contribution < -0.4 is 0 Å². The van der Waals surface area contributed by atoms with Gasteiger partial charge < -0.3 is 0 Å². The first-order valence-electron chi connectivity index (χ1n) is 14.0. The van der Waals surface area contributed by atoms with Crippen molar-refractivity contribution in [3.05, 3.63) is 60.2 Å². The Labute approximate surface area is 199 Å². The number of unbranched alkanes of at least 4 members (excludes halogenated alkanes) is 16. The highest BCUT2D eigenvalue weighted by molar-refractivity contribution is 5.82. The summed E-state index contributed by atoms with van der Waals surface area (Å²) in [4.78, 5) is 0. The fraction of sp³-hybridized carbons (Fsp3) is 0.625. The minimum Gasteiger partial charge on any atom is -0.0885 e. The Morgan fingerprint density at radius 1 is 0.500 bits per heavy atom. The van der Waals surface area contributed by atoms with Crippen LogP contribution in [0.3, 0.4) is 0 Å². The molecule has 0 heterocycles. The van der Waals surface area contributed by atoms with Crippen LogP contribution >= 0.6 is 0 Å². The highest BCUT2D eigenvalue weighted by Gasteiger charge is 1.98. The Bertz CT molecular complexity index is 711. The Hall–Kier alpha value is -1.56. The number of aryl methyl sites for hydroxylation is 1. The molecule has 2 aromatic rings. The SMILES string of the molecule is CCCCCCC/C=C/CCCCCCCCCCCCCc1ccc2ccccc2c1. The van der Waals surface area contributed by atoms with Crippen molar-refractivity contribution in [1.29, 1.82) is 0 Å². The molecule has 0 aliphatic heterocycles. The second-order valence-corrected chi connectivity index (χ2v) is 9.78. The number of hydrogen-bond acceptors (Lipinski definition) is 0. The zero-order valence-electron chi connectivity index (χ0n) is 21.1. The van der Waals surface area contributed by atoms with Crippen LogP contribution in [0.25, 0.3) is 10.8 Å². The minimum absolute atomic E-state index is 1.24. The Kier molecular flexibility index (Phi) is 15.8. The molecule has 0 bridgehead atoms. The Balaban J connectivity index is 1.30. The number of allylic oxidation sites excluding steroid dienone is 2. The van der Waals surface area contributed by atoms with Crippen molar-refractivity contribution in [3.8, 4) is 0 Å². The maximum Gasteiger partial charge on any atom is -0.0181 e. The first kappa shape index (κ1) is 26.7. The smallest absolute Gasteiger partial charge is 0.0181 e. The van der Waals surface area contributed by atoms with E-state index in [2.05, 4.69) is 61.5 Å². The lowest BCUT2D eigenvalue weighted by Gasteiger charge is -2.05. The van der Waals surface area contributed by atoms with Gasteiger partial charge in [-0.05, 0) is 54.9 Å². The maximum absolute atomic E-state index is 2.43. The van der Waals surface area contributed by atoms with Gasteiger partial charge in [0.15, 0.2) is 0 Å². The van der Waals surface area contributed by atoms with Crippen LogP contribution in [0.4, 0.5) is 0 Å². The summed E-state index contributed by atoms with van der Waals surface area (Å²) in [5.41, 5.74) is 1.50. The second kappa shape index (κ2) is 19.0. The van der Waals surface area contributed by atoms with Gasteiger partial charge in [0.05, 0.1) is 0 Å². The summed E-state index contributed by atoms with van der Waals surface area (Å²) >= 11 is 0. The van der Waals surface area contributed by atoms with Crippen molar-refractivity contribution in [2.75, 3.05) is 0 Å². The predicted octanol–water partition coefficient (Wildman–Crippen LogP) is 11.0. The molecule has 0 unspecified atom stereocenters. The van der Waals surface area contributed by atoms with Crippen LogP contribution in [0.5, 0.6) is 0 Å². The summed E-state index contributed by atoms with van der Waals surface area (Å²) in [5.74, 6) is 0. The van der Waals surface area contributed by atoms with Gasteiger partial charge in [-0.3, -0.25) is 0 Å². The van der Waals surface area contributed by atoms with Gasteiger partial charge in [-0.25, -0.2) is 0 Å². The molecule has 0 heteroatoms. The third-order valence-electron chi connectivity index (χ3n) is 6.79. The van der Waals surface area contributed by atoms with Crippen molar-refractivity contribution in [2.45, 2.75) is 129 Å². The van der Waals surface area contributed by atoms with Gasteiger partial charge in [0.25, 0.3) is 0 Å². The van der Waals surface area contributed by atoms with Gasteiger partial charge >= 0.3 is 0 Å². The van der Waals surface area contributed by atoms with Crippen LogP contribution in [-0.2, 0) is 6.42 Å². The van der Waals surface area contributed by atoms with E-state index < -0.39 is 0 Å². The molecule has 2 aromatic carbocycles. The summed E-state index contributed by atoms with van der Waals surface area (Å²) in [7, 11) is 0. The minimum atomic E-state index is 1.24. The van der Waals surface area contributed by atoms with Crippen molar-refractivity contribution < 1.29 is 0 Å². The van der Waals surface area contributed by atoms with E-state index in [-0.39, 0.29) is 0 Å². The third kappa shape index (κ3) is 13.1. The standard InChI is InChI=1S/C32H50/c1-2-3-4-5-6-7-8-9-10-11-12-13-14-15-16-17-18-19-20-21-24-30-27-28-31-25-22-23-26-32(31)29-30/h8-9,22-23,25-29H,2-7,10-21,24H2,1H3/b9-8+. The van der Waals surface area contributed by atoms with Crippen LogP contribution in [0.15, 0.2) is 54.6 Å². The monoisotopic (exact) mass is 434 g/mol. The molecule has 0 atom stereocenters. The largest absolute Gasteiger partial charge is 0.0885 e. The molecule has 0 amide bonds. The van der Waals surface area contributed by atoms with E-state index in [1.165, 1.54) is 138 Å². The fourth-order valence-corrected chi connectivity index (χ4v) is 4.68. The van der Waals surface area contributed by atoms with E-state index in [9.17, 15) is 0 Å². The molecule has 0 aliphatic rings. The third-order valence-corrected chi connectivity index (χ3v) is 6.79. The molecule has 32 heavy (non-hydrogen) atoms. The van der Waals surface area contributed by atoms with Crippen molar-refractivity contribution in [2.24, 2.45) is 0 Å². The molecule has 2 rings (SSSR count). The second-order valence-electron chi connectivity index (χ2n) is 9.78. The summed E-state index contributed by atoms with van der Waals surface area (Å²) in [6.45, 7) is 2.29. The summed E-state index contributed by atoms with van der Waals surface area (Å²) < 4.78 is 0. The number of hydrogen-bond donors (Lipinski definition) is 0. The molecule has 0 saturated carbocycles. The number of benzene rings is 2. The number of rotatable bonds is 20. The Morgan fingerprint density at radius 3 is 1.59 bits per heavy atom. The van der Waals surface area contributed by atoms with Gasteiger partial charge in [0.1, 0.15) is 0 Å². The zero-order chi connectivity index (χ0) is 22.5. The molecule has 0 radical (unpaired) electrons. The molecule has 0 saturated heterocycles. The summed E-state index contributed by atoms with van der Waals surface area (Å²) in [5, 5.41) is 2.74. The van der Waals surface area contributed by atoms with Gasteiger partial charge in [0.2, 0.25) is 0 Å². The van der Waals surface area contributed by atoms with E-state index in [1.807, 2.05) is 0 Å². The summed E-state index contributed by atoms with van der Waals surface area (Å²) in [6, 6.07) is 15.7. The molecule has 0 fully saturated rings. The van der Waals surface area contributed by atoms with Gasteiger partial charge in [-0.15, -0.1) is 0 Å². The average Bonchev–Trinajstić information content (AvgIpc) is 2.82. The highest BCUT2D eigenvalue weighted by atomic mass is 14.0. The molecular formula is C32H50. The molecule has 0 aliphatic carbocycles. The van der Waals surface area contributed by atoms with Crippen LogP contribution in [0, 0.1) is 0 Å². The van der Waals surface area contributed by atoms with Crippen molar-refractivity contribution in [3.63, 3.8) is 0 Å². The molecular weight excluding hydrogens is 384 g/mol. The maximum atomic E-state index is 2.43. The lowest BCUT2D eigenvalue weighted by atomic mass is 10.0. The first-order valence-corrected chi connectivity index (χ1v) is 14.0. The van der Waals surface area contributed by atoms with E-state index in [4.69, 9.17) is 0 Å². The first-order chi connectivity index (χ1) is 15.9. The normalized spacial score (nSPS) is 11.7.